The molecule has 0 rings (SSSR count). The summed E-state index contributed by atoms with van der Waals surface area (Å²) >= 11 is 0. The third kappa shape index (κ3) is 53.8. The van der Waals surface area contributed by atoms with E-state index in [-0.39, 0.29) is 25.8 Å². The maximum Gasteiger partial charge on any atom is 0.472 e. The highest BCUT2D eigenvalue weighted by Gasteiger charge is 2.26. The van der Waals surface area contributed by atoms with E-state index in [9.17, 15) is 14.3 Å². The second-order valence-electron chi connectivity index (χ2n) is 20.3. The fourth-order valence-corrected chi connectivity index (χ4v) is 8.92. The van der Waals surface area contributed by atoms with Crippen LogP contribution in [0.3, 0.4) is 0 Å². The normalized spacial score (nSPS) is 13.6. The van der Waals surface area contributed by atoms with Crippen LogP contribution >= 0.6 is 7.82 Å². The van der Waals surface area contributed by atoms with E-state index >= 15 is 0 Å². The highest BCUT2D eigenvalue weighted by Crippen LogP contribution is 2.43. The molecule has 0 aliphatic carbocycles. The van der Waals surface area contributed by atoms with Crippen LogP contribution in [0.15, 0.2) is 24.3 Å². The first kappa shape index (κ1) is 64.0. The number of ether oxygens (including phenoxy) is 2. The van der Waals surface area contributed by atoms with E-state index in [1.165, 1.54) is 212 Å². The van der Waals surface area contributed by atoms with Crippen molar-refractivity contribution in [2.45, 2.75) is 277 Å². The third-order valence-electron chi connectivity index (χ3n) is 12.5. The zero-order valence-corrected chi connectivity index (χ0v) is 44.9. The zero-order chi connectivity index (χ0) is 47.6. The lowest BCUT2D eigenvalue weighted by Crippen LogP contribution is -2.37. The number of carbonyl (C=O) groups is 1. The summed E-state index contributed by atoms with van der Waals surface area (Å²) in [5.74, 6) is -0.308. The number of hydrogen-bond acceptors (Lipinski definition) is 6. The van der Waals surface area contributed by atoms with Crippen LogP contribution in [0.4, 0.5) is 0 Å². The standard InChI is InChI=1S/C56H110NO7P/c1-6-8-10-12-14-16-18-20-22-24-26-27-28-29-30-31-32-33-35-37-39-41-43-45-47-49-56(58)64-55(54-63-65(59,60)62-52-50-57(3,4)5)53-61-51-48-46-44-42-40-38-36-34-25-23-21-19-17-15-13-11-9-7-2/h18,20,24,26,55H,6-17,19,21-23,25,27-54H2,1-5H3/p+1/b20-18-,26-24-. The summed E-state index contributed by atoms with van der Waals surface area (Å²) in [5, 5.41) is 0. The molecule has 0 heterocycles. The highest BCUT2D eigenvalue weighted by atomic mass is 31.2. The first-order valence-corrected chi connectivity index (χ1v) is 29.6. The number of unbranched alkanes of at least 4 members (excludes halogenated alkanes) is 35. The predicted molar refractivity (Wildman–Crippen MR) is 280 cm³/mol. The largest absolute Gasteiger partial charge is 0.472 e. The molecule has 0 bridgehead atoms. The van der Waals surface area contributed by atoms with Gasteiger partial charge in [-0.05, 0) is 44.9 Å². The molecule has 0 saturated heterocycles. The Morgan fingerprint density at radius 3 is 1.25 bits per heavy atom. The minimum atomic E-state index is -4.28. The van der Waals surface area contributed by atoms with E-state index < -0.39 is 13.9 Å². The smallest absolute Gasteiger partial charge is 0.457 e. The Balaban J connectivity index is 4.04. The van der Waals surface area contributed by atoms with Crippen molar-refractivity contribution in [2.75, 3.05) is 54.1 Å². The van der Waals surface area contributed by atoms with Gasteiger partial charge in [0, 0.05) is 13.0 Å². The summed E-state index contributed by atoms with van der Waals surface area (Å²) in [6.07, 6.45) is 59.5. The van der Waals surface area contributed by atoms with Gasteiger partial charge in [0.15, 0.2) is 0 Å². The van der Waals surface area contributed by atoms with Crippen molar-refractivity contribution in [2.24, 2.45) is 0 Å². The number of carbonyl (C=O) groups excluding carboxylic acids is 1. The molecule has 0 aromatic rings. The van der Waals surface area contributed by atoms with Crippen molar-refractivity contribution in [3.05, 3.63) is 24.3 Å². The Morgan fingerprint density at radius 2 is 0.846 bits per heavy atom. The Bertz CT molecular complexity index is 1090. The molecule has 2 atom stereocenters. The molecule has 2 unspecified atom stereocenters. The summed E-state index contributed by atoms with van der Waals surface area (Å²) in [6, 6.07) is 0. The molecule has 9 heteroatoms. The maximum atomic E-state index is 12.8. The summed E-state index contributed by atoms with van der Waals surface area (Å²) in [4.78, 5) is 23.1. The van der Waals surface area contributed by atoms with E-state index in [1.54, 1.807) is 0 Å². The van der Waals surface area contributed by atoms with Crippen LogP contribution in [0.1, 0.15) is 271 Å². The van der Waals surface area contributed by atoms with Crippen LogP contribution in [0.5, 0.6) is 0 Å². The molecule has 1 N–H and O–H groups in total. The predicted octanol–water partition coefficient (Wildman–Crippen LogP) is 17.5. The second-order valence-corrected chi connectivity index (χ2v) is 21.8. The van der Waals surface area contributed by atoms with Gasteiger partial charge in [-0.1, -0.05) is 244 Å². The topological polar surface area (TPSA) is 91.3 Å². The highest BCUT2D eigenvalue weighted by molar-refractivity contribution is 7.47. The van der Waals surface area contributed by atoms with Gasteiger partial charge < -0.3 is 18.9 Å². The Morgan fingerprint density at radius 1 is 0.477 bits per heavy atom. The molecule has 386 valence electrons. The van der Waals surface area contributed by atoms with Gasteiger partial charge in [-0.15, -0.1) is 0 Å². The van der Waals surface area contributed by atoms with Crippen molar-refractivity contribution in [3.63, 3.8) is 0 Å². The average Bonchev–Trinajstić information content (AvgIpc) is 3.27. The number of esters is 1. The van der Waals surface area contributed by atoms with E-state index in [0.717, 1.165) is 38.5 Å². The average molecular weight is 941 g/mol. The van der Waals surface area contributed by atoms with Crippen LogP contribution in [0.2, 0.25) is 0 Å². The first-order chi connectivity index (χ1) is 31.6. The van der Waals surface area contributed by atoms with Crippen LogP contribution in [-0.2, 0) is 27.9 Å². The Kier molecular flexibility index (Phi) is 48.6. The molecule has 8 nitrogen and oxygen atoms in total. The molecule has 0 radical (unpaired) electrons. The van der Waals surface area contributed by atoms with Gasteiger partial charge in [-0.2, -0.15) is 0 Å². The lowest BCUT2D eigenvalue weighted by atomic mass is 10.0. The lowest BCUT2D eigenvalue weighted by Gasteiger charge is -2.24. The van der Waals surface area contributed by atoms with Gasteiger partial charge in [-0.25, -0.2) is 4.57 Å². The van der Waals surface area contributed by atoms with Crippen molar-refractivity contribution in [1.29, 1.82) is 0 Å². The molecule has 65 heavy (non-hydrogen) atoms. The summed E-state index contributed by atoms with van der Waals surface area (Å²) in [5.41, 5.74) is 0. The minimum absolute atomic E-state index is 0.0914. The van der Waals surface area contributed by atoms with Gasteiger partial charge >= 0.3 is 13.8 Å². The number of allylic oxidation sites excluding steroid dienone is 4. The summed E-state index contributed by atoms with van der Waals surface area (Å²) in [7, 11) is 1.68. The van der Waals surface area contributed by atoms with E-state index in [0.29, 0.717) is 24.1 Å². The fraction of sp³-hybridized carbons (Fsp3) is 0.911. The fourth-order valence-electron chi connectivity index (χ4n) is 8.17. The van der Waals surface area contributed by atoms with Crippen molar-refractivity contribution < 1.29 is 37.3 Å². The molecule has 0 fully saturated rings. The molecular formula is C56H111NO7P+. The number of rotatable bonds is 53. The van der Waals surface area contributed by atoms with Crippen LogP contribution in [0, 0.1) is 0 Å². The van der Waals surface area contributed by atoms with Crippen molar-refractivity contribution in [3.8, 4) is 0 Å². The third-order valence-corrected chi connectivity index (χ3v) is 13.5. The zero-order valence-electron chi connectivity index (χ0n) is 44.0. The first-order valence-electron chi connectivity index (χ1n) is 28.1. The monoisotopic (exact) mass is 941 g/mol. The number of nitrogens with zero attached hydrogens (tertiary/aromatic N) is 1. The summed E-state index contributed by atoms with van der Waals surface area (Å²) < 4.78 is 35.2. The molecular weight excluding hydrogens is 830 g/mol. The Labute approximate surface area is 404 Å². The lowest BCUT2D eigenvalue weighted by molar-refractivity contribution is -0.870. The molecule has 0 amide bonds. The molecule has 0 aromatic heterocycles. The van der Waals surface area contributed by atoms with E-state index in [2.05, 4.69) is 38.2 Å². The van der Waals surface area contributed by atoms with E-state index in [4.69, 9.17) is 18.5 Å². The maximum absolute atomic E-state index is 12.8. The quantitative estimate of drug-likeness (QED) is 0.0213. The minimum Gasteiger partial charge on any atom is -0.457 e. The van der Waals surface area contributed by atoms with Crippen molar-refractivity contribution in [1.82, 2.24) is 0 Å². The van der Waals surface area contributed by atoms with E-state index in [1.807, 2.05) is 21.1 Å². The number of quaternary nitrogens is 1. The van der Waals surface area contributed by atoms with Gasteiger partial charge in [-0.3, -0.25) is 13.8 Å². The number of phosphoric acid groups is 1. The van der Waals surface area contributed by atoms with Gasteiger partial charge in [0.1, 0.15) is 19.3 Å². The SMILES string of the molecule is CCCCCCC/C=C\C/C=C\CCCCCCCCCCCCCCCC(=O)OC(COCCCCCCCCCCCCCCCCCCCC)COP(=O)(O)OCC[N+](C)(C)C. The second kappa shape index (κ2) is 49.4. The number of phosphoric ester groups is 1. The molecule has 0 saturated carbocycles. The van der Waals surface area contributed by atoms with Crippen LogP contribution < -0.4 is 0 Å². The van der Waals surface area contributed by atoms with Crippen LogP contribution in [-0.4, -0.2) is 75.6 Å². The van der Waals surface area contributed by atoms with Crippen molar-refractivity contribution >= 4 is 13.8 Å². The van der Waals surface area contributed by atoms with Gasteiger partial charge in [0.25, 0.3) is 0 Å². The number of hydrogen-bond donors (Lipinski definition) is 1. The summed E-state index contributed by atoms with van der Waals surface area (Å²) in [6.45, 7) is 5.68. The number of likely N-dealkylation sites (N-methyl/N-ethyl adjacent to an activating group) is 1. The van der Waals surface area contributed by atoms with Crippen LogP contribution in [0.25, 0.3) is 0 Å². The molecule has 0 spiro atoms. The molecule has 0 aromatic carbocycles. The molecule has 0 aliphatic rings. The van der Waals surface area contributed by atoms with Gasteiger partial charge in [0.05, 0.1) is 34.4 Å². The Hall–Kier alpha value is -1.02. The van der Waals surface area contributed by atoms with Gasteiger partial charge in [0.2, 0.25) is 0 Å². The molecule has 0 aliphatic heterocycles.